The lowest BCUT2D eigenvalue weighted by Gasteiger charge is -2.35. The molecule has 6 heteroatoms. The summed E-state index contributed by atoms with van der Waals surface area (Å²) in [6.45, 7) is 5.73. The van der Waals surface area contributed by atoms with Crippen LogP contribution in [0.1, 0.15) is 36.9 Å². The molecule has 5 nitrogen and oxygen atoms in total. The molecule has 1 aliphatic heterocycles. The highest BCUT2D eigenvalue weighted by Gasteiger charge is 2.35. The highest BCUT2D eigenvalue weighted by Crippen LogP contribution is 2.32. The number of aromatic nitrogens is 1. The normalized spacial score (nSPS) is 19.5. The van der Waals surface area contributed by atoms with Crippen molar-refractivity contribution in [1.29, 1.82) is 0 Å². The Hall–Kier alpha value is -1.76. The Labute approximate surface area is 143 Å². The molecule has 1 aromatic heterocycles. The molecule has 1 saturated heterocycles. The Kier molecular flexibility index (Phi) is 4.99. The third kappa shape index (κ3) is 3.22. The van der Waals surface area contributed by atoms with Gasteiger partial charge in [-0.05, 0) is 29.2 Å². The molecule has 0 bridgehead atoms. The van der Waals surface area contributed by atoms with Crippen molar-refractivity contribution in [3.05, 3.63) is 59.9 Å². The standard InChI is InChI=1S/C18H23N3O2S/c1-14(2)16-7-3-4-8-18(16)24(22,23)21-11-10-20-13-17(21)15-6-5-9-19-12-15/h3-9,12,14,17,20H,10-11,13H2,1-2H3. The van der Waals surface area contributed by atoms with E-state index in [1.807, 2.05) is 38.1 Å². The number of hydrogen-bond acceptors (Lipinski definition) is 4. The lowest BCUT2D eigenvalue weighted by Crippen LogP contribution is -2.48. The molecule has 128 valence electrons. The number of benzene rings is 1. The number of rotatable bonds is 4. The fraction of sp³-hybridized carbons (Fsp3) is 0.389. The Morgan fingerprint density at radius 3 is 2.71 bits per heavy atom. The minimum atomic E-state index is -3.57. The monoisotopic (exact) mass is 345 g/mol. The maximum absolute atomic E-state index is 13.4. The molecule has 1 atom stereocenters. The molecule has 0 amide bonds. The zero-order chi connectivity index (χ0) is 17.2. The second kappa shape index (κ2) is 7.01. The van der Waals surface area contributed by atoms with Crippen molar-refractivity contribution in [1.82, 2.24) is 14.6 Å². The van der Waals surface area contributed by atoms with Gasteiger partial charge in [0.1, 0.15) is 0 Å². The molecule has 0 radical (unpaired) electrons. The molecular formula is C18H23N3O2S. The van der Waals surface area contributed by atoms with Crippen LogP contribution in [0.15, 0.2) is 53.7 Å². The van der Waals surface area contributed by atoms with E-state index in [4.69, 9.17) is 0 Å². The van der Waals surface area contributed by atoms with Crippen molar-refractivity contribution in [2.24, 2.45) is 0 Å². The van der Waals surface area contributed by atoms with Gasteiger partial charge in [0.05, 0.1) is 10.9 Å². The summed E-state index contributed by atoms with van der Waals surface area (Å²) in [7, 11) is -3.57. The lowest BCUT2D eigenvalue weighted by atomic mass is 10.0. The molecule has 1 aliphatic rings. The van der Waals surface area contributed by atoms with Gasteiger partial charge in [-0.25, -0.2) is 8.42 Å². The van der Waals surface area contributed by atoms with Crippen LogP contribution in [0.2, 0.25) is 0 Å². The van der Waals surface area contributed by atoms with Gasteiger partial charge in [0.15, 0.2) is 0 Å². The van der Waals surface area contributed by atoms with Gasteiger partial charge in [-0.15, -0.1) is 0 Å². The highest BCUT2D eigenvalue weighted by molar-refractivity contribution is 7.89. The van der Waals surface area contributed by atoms with E-state index in [1.165, 1.54) is 0 Å². The Bertz CT molecular complexity index is 791. The zero-order valence-electron chi connectivity index (χ0n) is 14.0. The van der Waals surface area contributed by atoms with Crippen LogP contribution < -0.4 is 5.32 Å². The molecule has 0 saturated carbocycles. The van der Waals surface area contributed by atoms with Gasteiger partial charge in [0, 0.05) is 32.0 Å². The van der Waals surface area contributed by atoms with E-state index in [2.05, 4.69) is 10.3 Å². The Morgan fingerprint density at radius 1 is 1.21 bits per heavy atom. The van der Waals surface area contributed by atoms with E-state index in [-0.39, 0.29) is 12.0 Å². The van der Waals surface area contributed by atoms with Gasteiger partial charge in [-0.2, -0.15) is 4.31 Å². The van der Waals surface area contributed by atoms with Crippen molar-refractivity contribution in [3.63, 3.8) is 0 Å². The summed E-state index contributed by atoms with van der Waals surface area (Å²) in [6.07, 6.45) is 3.45. The van der Waals surface area contributed by atoms with Crippen LogP contribution in [0.25, 0.3) is 0 Å². The fourth-order valence-corrected chi connectivity index (χ4v) is 5.12. The average Bonchev–Trinajstić information content (AvgIpc) is 2.62. The molecule has 24 heavy (non-hydrogen) atoms. The number of nitrogens with zero attached hydrogens (tertiary/aromatic N) is 2. The van der Waals surface area contributed by atoms with Crippen LogP contribution in [0, 0.1) is 0 Å². The molecular weight excluding hydrogens is 322 g/mol. The quantitative estimate of drug-likeness (QED) is 0.925. The van der Waals surface area contributed by atoms with E-state index in [9.17, 15) is 8.42 Å². The molecule has 1 fully saturated rings. The van der Waals surface area contributed by atoms with Gasteiger partial charge in [-0.3, -0.25) is 4.98 Å². The molecule has 1 aromatic carbocycles. The smallest absolute Gasteiger partial charge is 0.244 e. The van der Waals surface area contributed by atoms with E-state index in [0.29, 0.717) is 24.5 Å². The SMILES string of the molecule is CC(C)c1ccccc1S(=O)(=O)N1CCNCC1c1cccnc1. The average molecular weight is 345 g/mol. The third-order valence-electron chi connectivity index (χ3n) is 4.39. The third-order valence-corrected chi connectivity index (χ3v) is 6.37. The first-order chi connectivity index (χ1) is 11.5. The molecule has 0 aliphatic carbocycles. The summed E-state index contributed by atoms with van der Waals surface area (Å²) in [6, 6.07) is 10.8. The molecule has 0 spiro atoms. The number of sulfonamides is 1. The fourth-order valence-electron chi connectivity index (χ4n) is 3.15. The maximum atomic E-state index is 13.4. The van der Waals surface area contributed by atoms with Crippen LogP contribution >= 0.6 is 0 Å². The molecule has 2 heterocycles. The van der Waals surface area contributed by atoms with Crippen molar-refractivity contribution in [3.8, 4) is 0 Å². The molecule has 2 aromatic rings. The highest BCUT2D eigenvalue weighted by atomic mass is 32.2. The van der Waals surface area contributed by atoms with Gasteiger partial charge in [0.25, 0.3) is 0 Å². The first-order valence-corrected chi connectivity index (χ1v) is 9.67. The zero-order valence-corrected chi connectivity index (χ0v) is 14.8. The first kappa shape index (κ1) is 17.1. The topological polar surface area (TPSA) is 62.3 Å². The van der Waals surface area contributed by atoms with Gasteiger partial charge >= 0.3 is 0 Å². The van der Waals surface area contributed by atoms with E-state index in [0.717, 1.165) is 11.1 Å². The van der Waals surface area contributed by atoms with E-state index < -0.39 is 10.0 Å². The summed E-state index contributed by atoms with van der Waals surface area (Å²) in [4.78, 5) is 4.56. The first-order valence-electron chi connectivity index (χ1n) is 8.23. The van der Waals surface area contributed by atoms with Crippen LogP contribution in [-0.2, 0) is 10.0 Å². The van der Waals surface area contributed by atoms with Crippen LogP contribution in [0.4, 0.5) is 0 Å². The van der Waals surface area contributed by atoms with Crippen molar-refractivity contribution >= 4 is 10.0 Å². The lowest BCUT2D eigenvalue weighted by molar-refractivity contribution is 0.271. The van der Waals surface area contributed by atoms with E-state index in [1.54, 1.807) is 28.8 Å². The second-order valence-corrected chi connectivity index (χ2v) is 8.17. The van der Waals surface area contributed by atoms with Gasteiger partial charge < -0.3 is 5.32 Å². The minimum Gasteiger partial charge on any atom is -0.313 e. The summed E-state index contributed by atoms with van der Waals surface area (Å²) in [5.74, 6) is 0.149. The Balaban J connectivity index is 2.05. The predicted molar refractivity (Wildman–Crippen MR) is 94.3 cm³/mol. The number of hydrogen-bond donors (Lipinski definition) is 1. The Morgan fingerprint density at radius 2 is 2.00 bits per heavy atom. The summed E-state index contributed by atoms with van der Waals surface area (Å²) >= 11 is 0. The predicted octanol–water partition coefficient (Wildman–Crippen LogP) is 2.54. The molecule has 1 N–H and O–H groups in total. The summed E-state index contributed by atoms with van der Waals surface area (Å²) in [5.41, 5.74) is 1.77. The number of pyridine rings is 1. The largest absolute Gasteiger partial charge is 0.313 e. The van der Waals surface area contributed by atoms with Crippen molar-refractivity contribution in [2.45, 2.75) is 30.7 Å². The van der Waals surface area contributed by atoms with Crippen LogP contribution in [0.3, 0.4) is 0 Å². The van der Waals surface area contributed by atoms with Gasteiger partial charge in [-0.1, -0.05) is 38.1 Å². The van der Waals surface area contributed by atoms with Gasteiger partial charge in [0.2, 0.25) is 10.0 Å². The molecule has 3 rings (SSSR count). The maximum Gasteiger partial charge on any atom is 0.244 e. The summed E-state index contributed by atoms with van der Waals surface area (Å²) < 4.78 is 28.4. The van der Waals surface area contributed by atoms with Crippen LogP contribution in [0.5, 0.6) is 0 Å². The van der Waals surface area contributed by atoms with E-state index >= 15 is 0 Å². The second-order valence-electron chi connectivity index (χ2n) is 6.31. The number of piperazine rings is 1. The van der Waals surface area contributed by atoms with Crippen molar-refractivity contribution < 1.29 is 8.42 Å². The van der Waals surface area contributed by atoms with Crippen molar-refractivity contribution in [2.75, 3.05) is 19.6 Å². The molecule has 1 unspecified atom stereocenters. The number of nitrogens with one attached hydrogen (secondary N) is 1. The minimum absolute atomic E-state index is 0.149. The van der Waals surface area contributed by atoms with Crippen LogP contribution in [-0.4, -0.2) is 37.3 Å². The summed E-state index contributed by atoms with van der Waals surface area (Å²) in [5, 5.41) is 3.29.